The lowest BCUT2D eigenvalue weighted by Crippen LogP contribution is -1.97. The summed E-state index contributed by atoms with van der Waals surface area (Å²) in [5.74, 6) is 2.12. The smallest absolute Gasteiger partial charge is 0.283 e. The highest BCUT2D eigenvalue weighted by molar-refractivity contribution is 5.81. The van der Waals surface area contributed by atoms with E-state index in [1.807, 2.05) is 61.5 Å². The first-order valence-electron chi connectivity index (χ1n) is 7.29. The largest absolute Gasteiger partial charge is 0.484 e. The molecular formula is C18H14N2O3. The summed E-state index contributed by atoms with van der Waals surface area (Å²) in [6, 6.07) is 17.4. The van der Waals surface area contributed by atoms with Gasteiger partial charge in [-0.2, -0.15) is 0 Å². The minimum Gasteiger partial charge on any atom is -0.484 e. The zero-order valence-corrected chi connectivity index (χ0v) is 12.5. The lowest BCUT2D eigenvalue weighted by molar-refractivity contribution is 0.262. The fourth-order valence-corrected chi connectivity index (χ4v) is 2.36. The number of ether oxygens (including phenoxy) is 1. The van der Waals surface area contributed by atoms with Crippen molar-refractivity contribution in [3.8, 4) is 17.4 Å². The van der Waals surface area contributed by atoms with Crippen molar-refractivity contribution >= 4 is 11.0 Å². The summed E-state index contributed by atoms with van der Waals surface area (Å²) in [7, 11) is 0. The van der Waals surface area contributed by atoms with Crippen LogP contribution in [0.1, 0.15) is 11.5 Å². The maximum absolute atomic E-state index is 5.71. The minimum absolute atomic E-state index is 0.220. The van der Waals surface area contributed by atoms with Crippen LogP contribution in [0.2, 0.25) is 0 Å². The highest BCUT2D eigenvalue weighted by atomic mass is 16.5. The Hall–Kier alpha value is -3.08. The van der Waals surface area contributed by atoms with Gasteiger partial charge in [0.1, 0.15) is 11.3 Å². The number of hydrogen-bond donors (Lipinski definition) is 0. The molecule has 2 aromatic heterocycles. The zero-order valence-electron chi connectivity index (χ0n) is 12.5. The average Bonchev–Trinajstić information content (AvgIpc) is 3.20. The molecule has 0 atom stereocenters. The van der Waals surface area contributed by atoms with Crippen molar-refractivity contribution in [2.24, 2.45) is 0 Å². The molecule has 5 heteroatoms. The van der Waals surface area contributed by atoms with Gasteiger partial charge in [-0.25, -0.2) is 0 Å². The van der Waals surface area contributed by atoms with E-state index in [9.17, 15) is 0 Å². The highest BCUT2D eigenvalue weighted by Crippen LogP contribution is 2.27. The molecule has 0 radical (unpaired) electrons. The normalized spacial score (nSPS) is 11.0. The monoisotopic (exact) mass is 306 g/mol. The number of nitrogens with zero attached hydrogens (tertiary/aromatic N) is 2. The van der Waals surface area contributed by atoms with Gasteiger partial charge in [-0.1, -0.05) is 36.4 Å². The summed E-state index contributed by atoms with van der Waals surface area (Å²) < 4.78 is 17.0. The third-order valence-corrected chi connectivity index (χ3v) is 3.55. The number of fused-ring (bicyclic) bond motifs is 1. The van der Waals surface area contributed by atoms with Gasteiger partial charge in [0.2, 0.25) is 0 Å². The molecule has 0 bridgehead atoms. The maximum atomic E-state index is 5.71. The van der Waals surface area contributed by atoms with Crippen molar-refractivity contribution in [1.82, 2.24) is 10.2 Å². The number of para-hydroxylation sites is 2. The van der Waals surface area contributed by atoms with Crippen LogP contribution >= 0.6 is 0 Å². The predicted molar refractivity (Wildman–Crippen MR) is 85.0 cm³/mol. The van der Waals surface area contributed by atoms with Gasteiger partial charge in [-0.05, 0) is 30.7 Å². The molecule has 0 unspecified atom stereocenters. The Labute approximate surface area is 132 Å². The predicted octanol–water partition coefficient (Wildman–Crippen LogP) is 4.37. The fraction of sp³-hybridized carbons (Fsp3) is 0.111. The lowest BCUT2D eigenvalue weighted by Gasteiger charge is -2.05. The van der Waals surface area contributed by atoms with Crippen molar-refractivity contribution in [3.05, 3.63) is 66.1 Å². The van der Waals surface area contributed by atoms with Gasteiger partial charge in [0.05, 0.1) is 0 Å². The molecule has 114 valence electrons. The first-order chi connectivity index (χ1) is 11.3. The number of hydrogen-bond acceptors (Lipinski definition) is 5. The summed E-state index contributed by atoms with van der Waals surface area (Å²) >= 11 is 0. The zero-order chi connectivity index (χ0) is 15.6. The van der Waals surface area contributed by atoms with Gasteiger partial charge in [-0.3, -0.25) is 0 Å². The molecule has 0 aliphatic carbocycles. The van der Waals surface area contributed by atoms with E-state index in [1.165, 1.54) is 0 Å². The Morgan fingerprint density at radius 1 is 0.957 bits per heavy atom. The average molecular weight is 306 g/mol. The van der Waals surface area contributed by atoms with Gasteiger partial charge in [0, 0.05) is 5.39 Å². The van der Waals surface area contributed by atoms with Crippen LogP contribution in [0.3, 0.4) is 0 Å². The highest BCUT2D eigenvalue weighted by Gasteiger charge is 2.14. The van der Waals surface area contributed by atoms with Crippen molar-refractivity contribution in [1.29, 1.82) is 0 Å². The van der Waals surface area contributed by atoms with Crippen LogP contribution in [0.4, 0.5) is 0 Å². The van der Waals surface area contributed by atoms with Crippen molar-refractivity contribution in [2.45, 2.75) is 13.5 Å². The van der Waals surface area contributed by atoms with E-state index in [-0.39, 0.29) is 6.61 Å². The minimum atomic E-state index is 0.220. The molecule has 0 aliphatic heterocycles. The van der Waals surface area contributed by atoms with Crippen LogP contribution in [0.15, 0.2) is 63.4 Å². The van der Waals surface area contributed by atoms with E-state index in [2.05, 4.69) is 10.2 Å². The van der Waals surface area contributed by atoms with Crippen molar-refractivity contribution in [3.63, 3.8) is 0 Å². The van der Waals surface area contributed by atoms with Crippen LogP contribution in [0.25, 0.3) is 22.6 Å². The summed E-state index contributed by atoms with van der Waals surface area (Å²) in [4.78, 5) is 0. The van der Waals surface area contributed by atoms with Gasteiger partial charge in [-0.15, -0.1) is 10.2 Å². The Balaban J connectivity index is 1.53. The molecule has 0 saturated heterocycles. The van der Waals surface area contributed by atoms with Crippen LogP contribution < -0.4 is 4.74 Å². The molecule has 2 aromatic carbocycles. The third-order valence-electron chi connectivity index (χ3n) is 3.55. The SMILES string of the molecule is Cc1ccccc1OCc1nnc(-c2cc3ccccc3o2)o1. The number of aryl methyl sites for hydroxylation is 1. The Bertz CT molecular complexity index is 922. The second kappa shape index (κ2) is 5.61. The number of furan rings is 1. The molecule has 5 nitrogen and oxygen atoms in total. The van der Waals surface area contributed by atoms with E-state index in [0.29, 0.717) is 17.5 Å². The summed E-state index contributed by atoms with van der Waals surface area (Å²) in [6.07, 6.45) is 0. The van der Waals surface area contributed by atoms with Crippen LogP contribution in [0, 0.1) is 6.92 Å². The second-order valence-electron chi connectivity index (χ2n) is 5.20. The quantitative estimate of drug-likeness (QED) is 0.560. The van der Waals surface area contributed by atoms with Gasteiger partial charge >= 0.3 is 0 Å². The second-order valence-corrected chi connectivity index (χ2v) is 5.20. The number of benzene rings is 2. The lowest BCUT2D eigenvalue weighted by atomic mass is 10.2. The van der Waals surface area contributed by atoms with Crippen LogP contribution in [0.5, 0.6) is 5.75 Å². The molecule has 0 N–H and O–H groups in total. The van der Waals surface area contributed by atoms with Crippen LogP contribution in [-0.4, -0.2) is 10.2 Å². The van der Waals surface area contributed by atoms with E-state index in [1.54, 1.807) is 0 Å². The Kier molecular flexibility index (Phi) is 3.31. The molecule has 0 spiro atoms. The van der Waals surface area contributed by atoms with Crippen molar-refractivity contribution in [2.75, 3.05) is 0 Å². The maximum Gasteiger partial charge on any atom is 0.283 e. The molecule has 4 aromatic rings. The van der Waals surface area contributed by atoms with E-state index < -0.39 is 0 Å². The molecule has 2 heterocycles. The van der Waals surface area contributed by atoms with Crippen LogP contribution in [-0.2, 0) is 6.61 Å². The Morgan fingerprint density at radius 3 is 2.65 bits per heavy atom. The Morgan fingerprint density at radius 2 is 1.78 bits per heavy atom. The van der Waals surface area contributed by atoms with E-state index >= 15 is 0 Å². The molecule has 0 amide bonds. The molecule has 4 rings (SSSR count). The van der Waals surface area contributed by atoms with Gasteiger partial charge in [0.15, 0.2) is 12.4 Å². The standard InChI is InChI=1S/C18H14N2O3/c1-12-6-2-4-8-14(12)21-11-17-19-20-18(23-17)16-10-13-7-3-5-9-15(13)22-16/h2-10H,11H2,1H3. The molecule has 0 fully saturated rings. The first kappa shape index (κ1) is 13.6. The molecule has 0 aliphatic rings. The molecule has 0 saturated carbocycles. The van der Waals surface area contributed by atoms with E-state index in [4.69, 9.17) is 13.6 Å². The molecule has 23 heavy (non-hydrogen) atoms. The summed E-state index contributed by atoms with van der Waals surface area (Å²) in [5.41, 5.74) is 1.85. The molecular weight excluding hydrogens is 292 g/mol. The number of rotatable bonds is 4. The summed E-state index contributed by atoms with van der Waals surface area (Å²) in [6.45, 7) is 2.21. The van der Waals surface area contributed by atoms with Gasteiger partial charge in [0.25, 0.3) is 11.8 Å². The first-order valence-corrected chi connectivity index (χ1v) is 7.29. The summed E-state index contributed by atoms with van der Waals surface area (Å²) in [5, 5.41) is 9.03. The number of aromatic nitrogens is 2. The fourth-order valence-electron chi connectivity index (χ4n) is 2.36. The topological polar surface area (TPSA) is 61.3 Å². The van der Waals surface area contributed by atoms with E-state index in [0.717, 1.165) is 22.3 Å². The van der Waals surface area contributed by atoms with Gasteiger partial charge < -0.3 is 13.6 Å². The third kappa shape index (κ3) is 2.68. The van der Waals surface area contributed by atoms with Crippen molar-refractivity contribution < 1.29 is 13.6 Å².